The summed E-state index contributed by atoms with van der Waals surface area (Å²) in [6.07, 6.45) is 8.50. The molecule has 1 aliphatic heterocycles. The predicted octanol–water partition coefficient (Wildman–Crippen LogP) is 2.61. The van der Waals surface area contributed by atoms with Gasteiger partial charge in [0.2, 0.25) is 0 Å². The van der Waals surface area contributed by atoms with E-state index in [2.05, 4.69) is 31.7 Å². The fourth-order valence-electron chi connectivity index (χ4n) is 3.16. The highest BCUT2D eigenvalue weighted by atomic mass is 16.5. The van der Waals surface area contributed by atoms with Gasteiger partial charge in [0.05, 0.1) is 7.11 Å². The van der Waals surface area contributed by atoms with Crippen molar-refractivity contribution in [3.8, 4) is 0 Å². The summed E-state index contributed by atoms with van der Waals surface area (Å²) < 4.78 is 4.60. The Hall–Kier alpha value is -2.27. The number of methoxy groups -OCH3 is 1. The normalized spacial score (nSPS) is 18.5. The van der Waals surface area contributed by atoms with Crippen molar-refractivity contribution in [1.29, 1.82) is 0 Å². The maximum atomic E-state index is 11.1. The van der Waals surface area contributed by atoms with E-state index >= 15 is 0 Å². The third-order valence-corrected chi connectivity index (χ3v) is 4.52. The van der Waals surface area contributed by atoms with Crippen molar-refractivity contribution in [2.24, 2.45) is 5.92 Å². The van der Waals surface area contributed by atoms with Gasteiger partial charge >= 0.3 is 5.97 Å². The molecular weight excluding hydrogens is 302 g/mol. The van der Waals surface area contributed by atoms with Crippen LogP contribution in [0.25, 0.3) is 11.0 Å². The minimum Gasteiger partial charge on any atom is -0.466 e. The van der Waals surface area contributed by atoms with Crippen LogP contribution in [0.2, 0.25) is 0 Å². The van der Waals surface area contributed by atoms with E-state index in [-0.39, 0.29) is 5.97 Å². The number of hydrogen-bond acceptors (Lipinski definition) is 5. The Kier molecular flexibility index (Phi) is 5.54. The number of fused-ring (bicyclic) bond motifs is 1. The molecule has 1 aliphatic rings. The monoisotopic (exact) mass is 325 g/mol. The first-order valence-electron chi connectivity index (χ1n) is 8.42. The fraction of sp³-hybridized carbons (Fsp3) is 0.421. The Morgan fingerprint density at radius 3 is 3.21 bits per heavy atom. The van der Waals surface area contributed by atoms with Crippen LogP contribution in [0.3, 0.4) is 0 Å². The summed E-state index contributed by atoms with van der Waals surface area (Å²) in [6.45, 7) is 2.98. The summed E-state index contributed by atoms with van der Waals surface area (Å²) >= 11 is 0. The number of aryl methyl sites for hydroxylation is 1. The second kappa shape index (κ2) is 8.02. The van der Waals surface area contributed by atoms with Crippen molar-refractivity contribution < 1.29 is 9.53 Å². The van der Waals surface area contributed by atoms with E-state index in [0.29, 0.717) is 5.92 Å². The van der Waals surface area contributed by atoms with Crippen LogP contribution >= 0.6 is 0 Å². The number of esters is 1. The van der Waals surface area contributed by atoms with Gasteiger partial charge < -0.3 is 4.74 Å². The van der Waals surface area contributed by atoms with Crippen LogP contribution in [0.1, 0.15) is 18.5 Å². The molecule has 5 nitrogen and oxygen atoms in total. The van der Waals surface area contributed by atoms with Gasteiger partial charge in [-0.25, -0.2) is 14.8 Å². The van der Waals surface area contributed by atoms with Crippen LogP contribution in [0.5, 0.6) is 0 Å². The minimum absolute atomic E-state index is 0.290. The van der Waals surface area contributed by atoms with Gasteiger partial charge in [0.25, 0.3) is 0 Å². The Labute approximate surface area is 142 Å². The van der Waals surface area contributed by atoms with E-state index in [1.54, 1.807) is 6.20 Å². The molecule has 1 saturated heterocycles. The molecule has 0 N–H and O–H groups in total. The summed E-state index contributed by atoms with van der Waals surface area (Å²) in [5, 5.41) is 1.09. The molecule has 1 atom stereocenters. The molecule has 1 fully saturated rings. The summed E-state index contributed by atoms with van der Waals surface area (Å²) in [7, 11) is 1.40. The number of rotatable bonds is 6. The van der Waals surface area contributed by atoms with Crippen molar-refractivity contribution in [2.75, 3.05) is 26.7 Å². The maximum absolute atomic E-state index is 11.1. The quantitative estimate of drug-likeness (QED) is 0.603. The summed E-state index contributed by atoms with van der Waals surface area (Å²) in [4.78, 5) is 22.4. The van der Waals surface area contributed by atoms with Crippen LogP contribution in [0, 0.1) is 5.92 Å². The van der Waals surface area contributed by atoms with Crippen LogP contribution in [-0.4, -0.2) is 47.6 Å². The number of carbonyl (C=O) groups excluding carboxylic acids is 1. The highest BCUT2D eigenvalue weighted by Crippen LogP contribution is 2.21. The minimum atomic E-state index is -0.290. The third-order valence-electron chi connectivity index (χ3n) is 4.52. The molecule has 0 aromatic carbocycles. The van der Waals surface area contributed by atoms with E-state index in [4.69, 9.17) is 0 Å². The highest BCUT2D eigenvalue weighted by molar-refractivity contribution is 5.81. The van der Waals surface area contributed by atoms with Crippen LogP contribution < -0.4 is 0 Å². The molecule has 0 aliphatic carbocycles. The highest BCUT2D eigenvalue weighted by Gasteiger charge is 2.21. The van der Waals surface area contributed by atoms with Gasteiger partial charge in [-0.1, -0.05) is 6.08 Å². The number of nitrogens with zero attached hydrogens (tertiary/aromatic N) is 3. The predicted molar refractivity (Wildman–Crippen MR) is 93.6 cm³/mol. The Morgan fingerprint density at radius 2 is 2.33 bits per heavy atom. The van der Waals surface area contributed by atoms with Crippen molar-refractivity contribution in [3.63, 3.8) is 0 Å². The molecule has 0 bridgehead atoms. The molecule has 2 aromatic rings. The molecule has 5 heteroatoms. The average molecular weight is 325 g/mol. The molecule has 3 heterocycles. The zero-order valence-corrected chi connectivity index (χ0v) is 14.0. The molecule has 24 heavy (non-hydrogen) atoms. The number of hydrogen-bond donors (Lipinski definition) is 0. The average Bonchev–Trinajstić information content (AvgIpc) is 3.07. The Morgan fingerprint density at radius 1 is 1.42 bits per heavy atom. The zero-order chi connectivity index (χ0) is 16.8. The second-order valence-corrected chi connectivity index (χ2v) is 6.23. The van der Waals surface area contributed by atoms with Gasteiger partial charge in [0.1, 0.15) is 0 Å². The smallest absolute Gasteiger partial charge is 0.330 e. The van der Waals surface area contributed by atoms with Gasteiger partial charge in [-0.2, -0.15) is 0 Å². The van der Waals surface area contributed by atoms with Gasteiger partial charge in [0, 0.05) is 36.4 Å². The molecule has 0 radical (unpaired) electrons. The first-order chi connectivity index (χ1) is 11.7. The number of carbonyl (C=O) groups is 1. The van der Waals surface area contributed by atoms with Crippen LogP contribution in [0.4, 0.5) is 0 Å². The van der Waals surface area contributed by atoms with Gasteiger partial charge in [-0.3, -0.25) is 4.90 Å². The van der Waals surface area contributed by atoms with Gasteiger partial charge in [0.15, 0.2) is 5.65 Å². The van der Waals surface area contributed by atoms with Crippen LogP contribution in [-0.2, 0) is 16.0 Å². The molecule has 3 rings (SSSR count). The third kappa shape index (κ3) is 4.38. The lowest BCUT2D eigenvalue weighted by molar-refractivity contribution is -0.134. The lowest BCUT2D eigenvalue weighted by Gasteiger charge is -2.13. The van der Waals surface area contributed by atoms with E-state index in [1.807, 2.05) is 18.2 Å². The van der Waals surface area contributed by atoms with E-state index in [1.165, 1.54) is 19.6 Å². The molecule has 126 valence electrons. The molecule has 0 spiro atoms. The number of likely N-dealkylation sites (tertiary alicyclic amines) is 1. The lowest BCUT2D eigenvalue weighted by Crippen LogP contribution is -2.21. The number of aromatic nitrogens is 2. The van der Waals surface area contributed by atoms with Crippen molar-refractivity contribution in [2.45, 2.75) is 19.3 Å². The maximum Gasteiger partial charge on any atom is 0.330 e. The Bertz CT molecular complexity index is 729. The fourth-order valence-corrected chi connectivity index (χ4v) is 3.16. The summed E-state index contributed by atoms with van der Waals surface area (Å²) in [5.74, 6) is 0.402. The first-order valence-corrected chi connectivity index (χ1v) is 8.42. The van der Waals surface area contributed by atoms with E-state index < -0.39 is 0 Å². The second-order valence-electron chi connectivity index (χ2n) is 6.23. The van der Waals surface area contributed by atoms with Crippen LogP contribution in [0.15, 0.2) is 42.6 Å². The zero-order valence-electron chi connectivity index (χ0n) is 14.0. The molecule has 0 amide bonds. The Balaban J connectivity index is 1.47. The summed E-state index contributed by atoms with van der Waals surface area (Å²) in [5.41, 5.74) is 1.95. The SMILES string of the molecule is COC(=O)C=CCN1CCC(CCc2ccc3cccnc3n2)C1. The molecule has 2 aromatic heterocycles. The van der Waals surface area contributed by atoms with Gasteiger partial charge in [-0.05, 0) is 56.0 Å². The van der Waals surface area contributed by atoms with Crippen molar-refractivity contribution >= 4 is 17.0 Å². The standard InChI is InChI=1S/C19H23N3O2/c1-24-18(23)5-3-12-22-13-10-15(14-22)6-8-17-9-7-16-4-2-11-20-19(16)21-17/h2-5,7,9,11,15H,6,8,10,12-14H2,1H3. The first kappa shape index (κ1) is 16.6. The van der Waals surface area contributed by atoms with Crippen molar-refractivity contribution in [1.82, 2.24) is 14.9 Å². The topological polar surface area (TPSA) is 55.3 Å². The lowest BCUT2D eigenvalue weighted by atomic mass is 10.0. The largest absolute Gasteiger partial charge is 0.466 e. The van der Waals surface area contributed by atoms with Crippen molar-refractivity contribution in [3.05, 3.63) is 48.3 Å². The van der Waals surface area contributed by atoms with E-state index in [0.717, 1.165) is 49.2 Å². The molecule has 1 unspecified atom stereocenters. The number of pyridine rings is 2. The van der Waals surface area contributed by atoms with E-state index in [9.17, 15) is 4.79 Å². The summed E-state index contributed by atoms with van der Waals surface area (Å²) in [6, 6.07) is 8.18. The van der Waals surface area contributed by atoms with Gasteiger partial charge in [-0.15, -0.1) is 0 Å². The number of ether oxygens (including phenoxy) is 1. The molecule has 0 saturated carbocycles. The molecular formula is C19H23N3O2.